The van der Waals surface area contributed by atoms with Crippen molar-refractivity contribution in [1.29, 1.82) is 0 Å². The second-order valence-corrected chi connectivity index (χ2v) is 9.85. The first-order chi connectivity index (χ1) is 15.7. The number of likely N-dealkylation sites (tertiary alicyclic amines) is 2. The van der Waals surface area contributed by atoms with Gasteiger partial charge in [0.1, 0.15) is 0 Å². The Kier molecular flexibility index (Phi) is 8.36. The molecule has 172 valence electrons. The summed E-state index contributed by atoms with van der Waals surface area (Å²) in [5.74, 6) is 0.859. The number of hydrogen-bond donors (Lipinski definition) is 1. The molecular weight excluding hydrogens is 394 g/mol. The second kappa shape index (κ2) is 11.6. The fourth-order valence-electron chi connectivity index (χ4n) is 4.91. The average Bonchev–Trinajstić information content (AvgIpc) is 3.08. The molecule has 0 unspecified atom stereocenters. The molecule has 32 heavy (non-hydrogen) atoms. The molecule has 4 nitrogen and oxygen atoms in total. The van der Waals surface area contributed by atoms with Gasteiger partial charge in [-0.15, -0.1) is 0 Å². The third-order valence-corrected chi connectivity index (χ3v) is 7.05. The second-order valence-electron chi connectivity index (χ2n) is 9.85. The monoisotopic (exact) mass is 433 g/mol. The van der Waals surface area contributed by atoms with Gasteiger partial charge in [0.2, 0.25) is 0 Å². The topological polar surface area (TPSA) is 35.6 Å². The zero-order chi connectivity index (χ0) is 22.2. The highest BCUT2D eigenvalue weighted by Crippen LogP contribution is 2.19. The van der Waals surface area contributed by atoms with Crippen LogP contribution in [0.2, 0.25) is 0 Å². The highest BCUT2D eigenvalue weighted by molar-refractivity contribution is 5.94. The van der Waals surface area contributed by atoms with Crippen molar-refractivity contribution in [3.63, 3.8) is 0 Å². The third kappa shape index (κ3) is 6.91. The van der Waals surface area contributed by atoms with Gasteiger partial charge in [0.15, 0.2) is 0 Å². The van der Waals surface area contributed by atoms with Gasteiger partial charge in [0.05, 0.1) is 0 Å². The number of benzene rings is 2. The van der Waals surface area contributed by atoms with Crippen molar-refractivity contribution in [3.05, 3.63) is 70.8 Å². The summed E-state index contributed by atoms with van der Waals surface area (Å²) in [6.07, 6.45) is 7.92. The Morgan fingerprint density at radius 2 is 1.44 bits per heavy atom. The number of nitrogens with zero attached hydrogens (tertiary/aromatic N) is 2. The van der Waals surface area contributed by atoms with Crippen molar-refractivity contribution < 1.29 is 4.79 Å². The molecule has 2 aliphatic rings. The largest absolute Gasteiger partial charge is 0.348 e. The van der Waals surface area contributed by atoms with Crippen LogP contribution in [0.5, 0.6) is 0 Å². The minimum Gasteiger partial charge on any atom is -0.348 e. The quantitative estimate of drug-likeness (QED) is 0.650. The smallest absolute Gasteiger partial charge is 0.251 e. The molecule has 1 amide bonds. The Bertz CT molecular complexity index is 847. The van der Waals surface area contributed by atoms with Crippen molar-refractivity contribution >= 4 is 5.91 Å². The van der Waals surface area contributed by atoms with Gasteiger partial charge in [-0.2, -0.15) is 0 Å². The van der Waals surface area contributed by atoms with E-state index in [1.807, 2.05) is 12.1 Å². The van der Waals surface area contributed by atoms with E-state index in [-0.39, 0.29) is 5.91 Å². The van der Waals surface area contributed by atoms with E-state index in [9.17, 15) is 4.79 Å². The zero-order valence-electron chi connectivity index (χ0n) is 19.7. The molecule has 0 atom stereocenters. The molecule has 4 rings (SSSR count). The van der Waals surface area contributed by atoms with Gasteiger partial charge in [-0.05, 0) is 86.6 Å². The molecule has 2 aliphatic heterocycles. The molecule has 0 aliphatic carbocycles. The van der Waals surface area contributed by atoms with Crippen LogP contribution in [0.4, 0.5) is 0 Å². The summed E-state index contributed by atoms with van der Waals surface area (Å²) in [6.45, 7) is 9.68. The molecule has 0 spiro atoms. The summed E-state index contributed by atoms with van der Waals surface area (Å²) in [5.41, 5.74) is 4.54. The fraction of sp³-hybridized carbons (Fsp3) is 0.536. The maximum absolute atomic E-state index is 12.7. The lowest BCUT2D eigenvalue weighted by molar-refractivity contribution is 0.0951. The van der Waals surface area contributed by atoms with Crippen LogP contribution in [0.3, 0.4) is 0 Å². The Morgan fingerprint density at radius 1 is 0.812 bits per heavy atom. The molecular formula is C28H39N3O. The summed E-state index contributed by atoms with van der Waals surface area (Å²) in [6, 6.07) is 16.8. The third-order valence-electron chi connectivity index (χ3n) is 7.05. The van der Waals surface area contributed by atoms with Gasteiger partial charge in [0, 0.05) is 25.2 Å². The number of amides is 1. The summed E-state index contributed by atoms with van der Waals surface area (Å²) >= 11 is 0. The fourth-order valence-corrected chi connectivity index (χ4v) is 4.91. The Morgan fingerprint density at radius 3 is 2.16 bits per heavy atom. The maximum Gasteiger partial charge on any atom is 0.251 e. The van der Waals surface area contributed by atoms with E-state index in [1.54, 1.807) is 0 Å². The Labute approximate surface area is 194 Å². The zero-order valence-corrected chi connectivity index (χ0v) is 19.7. The van der Waals surface area contributed by atoms with Crippen LogP contribution in [0.25, 0.3) is 0 Å². The van der Waals surface area contributed by atoms with Gasteiger partial charge in [-0.25, -0.2) is 0 Å². The van der Waals surface area contributed by atoms with E-state index in [0.717, 1.165) is 24.6 Å². The molecule has 2 fully saturated rings. The molecule has 2 aromatic carbocycles. The molecule has 0 radical (unpaired) electrons. The van der Waals surface area contributed by atoms with Crippen LogP contribution < -0.4 is 5.32 Å². The molecule has 0 saturated carbocycles. The predicted octanol–water partition coefficient (Wildman–Crippen LogP) is 5.22. The SMILES string of the molecule is CC1CCN(Cc2cccc(CNC(=O)c3ccc(CN4CCCCCC4)cc3)c2)CC1. The highest BCUT2D eigenvalue weighted by Gasteiger charge is 2.16. The van der Waals surface area contributed by atoms with E-state index < -0.39 is 0 Å². The van der Waals surface area contributed by atoms with Crippen molar-refractivity contribution in [2.75, 3.05) is 26.2 Å². The van der Waals surface area contributed by atoms with Crippen LogP contribution in [-0.2, 0) is 19.6 Å². The molecule has 2 aromatic rings. The van der Waals surface area contributed by atoms with Crippen molar-refractivity contribution in [1.82, 2.24) is 15.1 Å². The lowest BCUT2D eigenvalue weighted by Crippen LogP contribution is -2.32. The average molecular weight is 434 g/mol. The summed E-state index contributed by atoms with van der Waals surface area (Å²) in [5, 5.41) is 3.10. The predicted molar refractivity (Wildman–Crippen MR) is 131 cm³/mol. The van der Waals surface area contributed by atoms with E-state index in [2.05, 4.69) is 58.4 Å². The van der Waals surface area contributed by atoms with Gasteiger partial charge in [-0.1, -0.05) is 56.2 Å². The minimum absolute atomic E-state index is 0.00161. The van der Waals surface area contributed by atoms with E-state index in [1.165, 1.54) is 81.4 Å². The van der Waals surface area contributed by atoms with Crippen LogP contribution in [0.15, 0.2) is 48.5 Å². The molecule has 0 bridgehead atoms. The lowest BCUT2D eigenvalue weighted by Gasteiger charge is -2.30. The Balaban J connectivity index is 1.26. The molecule has 0 aromatic heterocycles. The standard InChI is InChI=1S/C28H39N3O/c1-23-13-17-31(18-14-23)22-26-8-6-7-25(19-26)20-29-28(32)27-11-9-24(10-12-27)21-30-15-4-2-3-5-16-30/h6-12,19,23H,2-5,13-18,20-22H2,1H3,(H,29,32). The van der Waals surface area contributed by atoms with Gasteiger partial charge >= 0.3 is 0 Å². The van der Waals surface area contributed by atoms with E-state index in [0.29, 0.717) is 6.54 Å². The molecule has 2 heterocycles. The molecule has 1 N–H and O–H groups in total. The maximum atomic E-state index is 12.7. The van der Waals surface area contributed by atoms with Gasteiger partial charge < -0.3 is 5.32 Å². The van der Waals surface area contributed by atoms with Crippen molar-refractivity contribution in [2.45, 2.75) is 65.1 Å². The molecule has 4 heteroatoms. The van der Waals surface area contributed by atoms with Crippen LogP contribution in [-0.4, -0.2) is 41.9 Å². The number of carbonyl (C=O) groups is 1. The number of piperidine rings is 1. The van der Waals surface area contributed by atoms with E-state index >= 15 is 0 Å². The van der Waals surface area contributed by atoms with Crippen LogP contribution in [0.1, 0.15) is 72.5 Å². The summed E-state index contributed by atoms with van der Waals surface area (Å²) < 4.78 is 0. The highest BCUT2D eigenvalue weighted by atomic mass is 16.1. The first-order valence-electron chi connectivity index (χ1n) is 12.6. The van der Waals surface area contributed by atoms with Crippen LogP contribution >= 0.6 is 0 Å². The summed E-state index contributed by atoms with van der Waals surface area (Å²) in [7, 11) is 0. The normalized spacial score (nSPS) is 18.9. The van der Waals surface area contributed by atoms with E-state index in [4.69, 9.17) is 0 Å². The van der Waals surface area contributed by atoms with Crippen molar-refractivity contribution in [2.24, 2.45) is 5.92 Å². The number of carbonyl (C=O) groups excluding carboxylic acids is 1. The van der Waals surface area contributed by atoms with Gasteiger partial charge in [0.25, 0.3) is 5.91 Å². The lowest BCUT2D eigenvalue weighted by atomic mass is 9.98. The number of nitrogens with one attached hydrogen (secondary N) is 1. The summed E-state index contributed by atoms with van der Waals surface area (Å²) in [4.78, 5) is 17.8. The minimum atomic E-state index is 0.00161. The van der Waals surface area contributed by atoms with Gasteiger partial charge in [-0.3, -0.25) is 14.6 Å². The first kappa shape index (κ1) is 23.0. The van der Waals surface area contributed by atoms with Crippen molar-refractivity contribution in [3.8, 4) is 0 Å². The van der Waals surface area contributed by atoms with Crippen LogP contribution in [0, 0.1) is 5.92 Å². The first-order valence-corrected chi connectivity index (χ1v) is 12.6. The molecule has 2 saturated heterocycles. The number of rotatable bonds is 7. The Hall–Kier alpha value is -2.17. The number of hydrogen-bond acceptors (Lipinski definition) is 3.